The topological polar surface area (TPSA) is 61.7 Å². The highest BCUT2D eigenvalue weighted by atomic mass is 15.0. The largest absolute Gasteiger partial charge is 0.405 e. The van der Waals surface area contributed by atoms with Gasteiger partial charge in [0, 0.05) is 57.7 Å². The summed E-state index contributed by atoms with van der Waals surface area (Å²) in [5, 5.41) is 4.80. The molecule has 4 aromatic heterocycles. The molecule has 0 saturated carbocycles. The number of nitrogens with two attached hydrogens (primary N) is 1. The van der Waals surface area contributed by atoms with Crippen LogP contribution in [0.3, 0.4) is 0 Å². The van der Waals surface area contributed by atoms with Gasteiger partial charge in [-0.15, -0.1) is 0 Å². The van der Waals surface area contributed by atoms with Gasteiger partial charge in [0.15, 0.2) is 0 Å². The van der Waals surface area contributed by atoms with Crippen molar-refractivity contribution in [2.24, 2.45) is 5.73 Å². The maximum atomic E-state index is 5.90. The Hall–Kier alpha value is -7.50. The molecule has 0 spiro atoms. The predicted octanol–water partition coefficient (Wildman–Crippen LogP) is 12.1. The van der Waals surface area contributed by atoms with Crippen LogP contribution in [0.2, 0.25) is 0 Å². The van der Waals surface area contributed by atoms with E-state index in [9.17, 15) is 0 Å². The molecule has 270 valence electrons. The summed E-state index contributed by atoms with van der Waals surface area (Å²) in [5.74, 6) is 0. The lowest BCUT2D eigenvalue weighted by Gasteiger charge is -2.34. The molecule has 6 aromatic carbocycles. The number of aromatic nitrogens is 4. The maximum Gasteiger partial charge on any atom is 0.0689 e. The smallest absolute Gasteiger partial charge is 0.0689 e. The third-order valence-corrected chi connectivity index (χ3v) is 12.0. The van der Waals surface area contributed by atoms with Crippen LogP contribution in [0.15, 0.2) is 200 Å². The molecule has 1 aliphatic carbocycles. The van der Waals surface area contributed by atoms with Crippen molar-refractivity contribution < 1.29 is 0 Å². The van der Waals surface area contributed by atoms with Crippen LogP contribution in [0, 0.1) is 0 Å². The third kappa shape index (κ3) is 4.76. The lowest BCUT2D eigenvalue weighted by Crippen LogP contribution is -2.28. The molecule has 0 amide bonds. The second-order valence-electron chi connectivity index (χ2n) is 14.9. The van der Waals surface area contributed by atoms with Crippen molar-refractivity contribution in [3.8, 4) is 33.6 Å². The fraction of sp³-hybridized carbons (Fsp3) is 0.0385. The fourth-order valence-corrected chi connectivity index (χ4v) is 9.59. The first kappa shape index (κ1) is 32.9. The van der Waals surface area contributed by atoms with E-state index in [1.807, 2.05) is 36.9 Å². The van der Waals surface area contributed by atoms with Gasteiger partial charge in [0.05, 0.1) is 27.5 Å². The number of hydrogen-bond donors (Lipinski definition) is 1. The van der Waals surface area contributed by atoms with Gasteiger partial charge < -0.3 is 14.9 Å². The predicted molar refractivity (Wildman–Crippen MR) is 235 cm³/mol. The van der Waals surface area contributed by atoms with Gasteiger partial charge in [-0.2, -0.15) is 0 Å². The van der Waals surface area contributed by atoms with E-state index < -0.39 is 5.41 Å². The molecule has 1 atom stereocenters. The average molecular weight is 732 g/mol. The average Bonchev–Trinajstić information content (AvgIpc) is 3.89. The Labute approximate surface area is 330 Å². The van der Waals surface area contributed by atoms with Crippen molar-refractivity contribution in [1.82, 2.24) is 19.1 Å². The van der Waals surface area contributed by atoms with Crippen LogP contribution in [0.5, 0.6) is 0 Å². The molecule has 0 bridgehead atoms. The standard InChI is InChI=1S/C52H37N5/c1-34(10-8-27-53)52(37-11-9-28-54-32-37)46-15-5-2-12-40(46)43-31-51-44(30-47(43)52)41-13-3-6-16-48(41)57(51)39-24-20-36(21-25-39)35-18-22-38(23-19-35)56-49-17-7-4-14-42(49)45-33-55-29-26-50(45)56/h2-33H,53H2,1H3/b27-8-,34-10+. The van der Waals surface area contributed by atoms with Crippen molar-refractivity contribution in [1.29, 1.82) is 0 Å². The number of pyridine rings is 2. The van der Waals surface area contributed by atoms with Crippen molar-refractivity contribution in [3.63, 3.8) is 0 Å². The zero-order valence-electron chi connectivity index (χ0n) is 31.3. The summed E-state index contributed by atoms with van der Waals surface area (Å²) in [4.78, 5) is 9.04. The minimum Gasteiger partial charge on any atom is -0.405 e. The fourth-order valence-electron chi connectivity index (χ4n) is 9.59. The highest BCUT2D eigenvalue weighted by Crippen LogP contribution is 2.57. The van der Waals surface area contributed by atoms with Crippen LogP contribution in [-0.4, -0.2) is 19.1 Å². The van der Waals surface area contributed by atoms with Crippen molar-refractivity contribution >= 4 is 43.6 Å². The second kappa shape index (κ2) is 12.8. The van der Waals surface area contributed by atoms with Gasteiger partial charge in [-0.25, -0.2) is 0 Å². The Morgan fingerprint density at radius 3 is 1.82 bits per heavy atom. The first-order valence-electron chi connectivity index (χ1n) is 19.3. The van der Waals surface area contributed by atoms with Gasteiger partial charge in [-0.3, -0.25) is 9.97 Å². The number of nitrogens with zero attached hydrogens (tertiary/aromatic N) is 4. The van der Waals surface area contributed by atoms with Gasteiger partial charge in [-0.1, -0.05) is 103 Å². The zero-order chi connectivity index (χ0) is 38.1. The molecule has 5 heteroatoms. The maximum absolute atomic E-state index is 5.90. The van der Waals surface area contributed by atoms with Crippen LogP contribution >= 0.6 is 0 Å². The molecule has 4 heterocycles. The molecule has 2 N–H and O–H groups in total. The van der Waals surface area contributed by atoms with E-state index in [-0.39, 0.29) is 0 Å². The summed E-state index contributed by atoms with van der Waals surface area (Å²) in [6.07, 6.45) is 13.4. The lowest BCUT2D eigenvalue weighted by atomic mass is 9.68. The molecule has 5 nitrogen and oxygen atoms in total. The van der Waals surface area contributed by atoms with E-state index in [4.69, 9.17) is 5.73 Å². The summed E-state index contributed by atoms with van der Waals surface area (Å²) < 4.78 is 4.74. The van der Waals surface area contributed by atoms with Crippen LogP contribution in [0.1, 0.15) is 23.6 Å². The van der Waals surface area contributed by atoms with Crippen LogP contribution in [-0.2, 0) is 5.41 Å². The monoisotopic (exact) mass is 731 g/mol. The van der Waals surface area contributed by atoms with E-state index >= 15 is 0 Å². The number of hydrogen-bond acceptors (Lipinski definition) is 3. The summed E-state index contributed by atoms with van der Waals surface area (Å²) in [6, 6.07) is 55.2. The minimum atomic E-state index is -0.535. The summed E-state index contributed by atoms with van der Waals surface area (Å²) in [5.41, 5.74) is 21.9. The van der Waals surface area contributed by atoms with E-state index in [0.717, 1.165) is 27.8 Å². The first-order valence-corrected chi connectivity index (χ1v) is 19.3. The molecule has 11 rings (SSSR count). The highest BCUT2D eigenvalue weighted by molar-refractivity contribution is 6.12. The van der Waals surface area contributed by atoms with Gasteiger partial charge >= 0.3 is 0 Å². The first-order chi connectivity index (χ1) is 28.2. The Morgan fingerprint density at radius 1 is 0.526 bits per heavy atom. The molecule has 1 unspecified atom stereocenters. The quantitative estimate of drug-likeness (QED) is 0.173. The third-order valence-electron chi connectivity index (χ3n) is 12.0. The van der Waals surface area contributed by atoms with E-state index in [2.05, 4.69) is 178 Å². The molecule has 57 heavy (non-hydrogen) atoms. The summed E-state index contributed by atoms with van der Waals surface area (Å²) in [6.45, 7) is 2.21. The van der Waals surface area contributed by atoms with E-state index in [1.165, 1.54) is 71.7 Å². The highest BCUT2D eigenvalue weighted by Gasteiger charge is 2.46. The molecule has 10 aromatic rings. The van der Waals surface area contributed by atoms with Crippen LogP contribution < -0.4 is 5.73 Å². The molecule has 1 aliphatic rings. The van der Waals surface area contributed by atoms with Crippen LogP contribution in [0.25, 0.3) is 77.2 Å². The molecule has 0 saturated heterocycles. The van der Waals surface area contributed by atoms with Gasteiger partial charge in [0.1, 0.15) is 0 Å². The Morgan fingerprint density at radius 2 is 1.14 bits per heavy atom. The molecule has 0 radical (unpaired) electrons. The second-order valence-corrected chi connectivity index (χ2v) is 14.9. The molecule has 0 fully saturated rings. The zero-order valence-corrected chi connectivity index (χ0v) is 31.3. The molecular formula is C52H37N5. The summed E-state index contributed by atoms with van der Waals surface area (Å²) in [7, 11) is 0. The number of rotatable bonds is 6. The summed E-state index contributed by atoms with van der Waals surface area (Å²) >= 11 is 0. The van der Waals surface area contributed by atoms with Crippen molar-refractivity contribution in [3.05, 3.63) is 217 Å². The Bertz CT molecular complexity index is 3190. The number of benzene rings is 6. The SMILES string of the molecule is C/C(=C\C=C/N)C1(c2cccnc2)c2ccccc2-c2cc3c(cc21)c1ccccc1n3-c1ccc(-c2ccc(-n3c4ccccc4c4cnccc43)cc2)cc1. The molecular weight excluding hydrogens is 695 g/mol. The van der Waals surface area contributed by atoms with Gasteiger partial charge in [0.25, 0.3) is 0 Å². The number of allylic oxidation sites excluding steroid dienone is 3. The van der Waals surface area contributed by atoms with Gasteiger partial charge in [0.2, 0.25) is 0 Å². The van der Waals surface area contributed by atoms with E-state index in [0.29, 0.717) is 0 Å². The Kier molecular flexibility index (Phi) is 7.38. The number of fused-ring (bicyclic) bond motifs is 9. The number of para-hydroxylation sites is 2. The Balaban J connectivity index is 1.05. The van der Waals surface area contributed by atoms with Crippen LogP contribution in [0.4, 0.5) is 0 Å². The van der Waals surface area contributed by atoms with Crippen molar-refractivity contribution in [2.75, 3.05) is 0 Å². The van der Waals surface area contributed by atoms with E-state index in [1.54, 1.807) is 6.20 Å². The minimum absolute atomic E-state index is 0.535. The van der Waals surface area contributed by atoms with Crippen molar-refractivity contribution in [2.45, 2.75) is 12.3 Å². The molecule has 0 aliphatic heterocycles. The van der Waals surface area contributed by atoms with Gasteiger partial charge in [-0.05, 0) is 119 Å². The lowest BCUT2D eigenvalue weighted by molar-refractivity contribution is 0.742. The normalized spacial score (nSPS) is 15.3.